The van der Waals surface area contributed by atoms with Gasteiger partial charge in [0.15, 0.2) is 0 Å². The summed E-state index contributed by atoms with van der Waals surface area (Å²) in [6, 6.07) is 8.24. The molecule has 0 aliphatic carbocycles. The van der Waals surface area contributed by atoms with Crippen molar-refractivity contribution in [3.63, 3.8) is 0 Å². The number of hydrogen-bond donors (Lipinski definition) is 4. The van der Waals surface area contributed by atoms with Gasteiger partial charge in [-0.05, 0) is 54.8 Å². The molecular formula is C24H28ClN5O7S. The molecule has 5 N–H and O–H groups in total. The Labute approximate surface area is 224 Å². The Morgan fingerprint density at radius 3 is 2.63 bits per heavy atom. The van der Waals surface area contributed by atoms with Gasteiger partial charge in [-0.25, -0.2) is 18.4 Å². The Kier molecular flexibility index (Phi) is 9.31. The number of urea groups is 1. The highest BCUT2D eigenvalue weighted by molar-refractivity contribution is 7.89. The molecule has 14 heteroatoms. The number of anilines is 1. The minimum absolute atomic E-state index is 0.00476. The average Bonchev–Trinajstić information content (AvgIpc) is 3.00. The molecule has 1 aliphatic heterocycles. The van der Waals surface area contributed by atoms with Crippen LogP contribution in [0.2, 0.25) is 5.02 Å². The monoisotopic (exact) mass is 565 g/mol. The molecule has 2 atom stereocenters. The van der Waals surface area contributed by atoms with Crippen LogP contribution in [0.4, 0.5) is 10.5 Å². The number of methoxy groups -OCH3 is 1. The zero-order chi connectivity index (χ0) is 28.0. The van der Waals surface area contributed by atoms with Gasteiger partial charge in [0.05, 0.1) is 17.9 Å². The van der Waals surface area contributed by atoms with Gasteiger partial charge < -0.3 is 20.7 Å². The van der Waals surface area contributed by atoms with Crippen molar-refractivity contribution in [3.8, 4) is 5.75 Å². The molecule has 2 aromatic rings. The number of hydrogen-bond acceptors (Lipinski definition) is 7. The van der Waals surface area contributed by atoms with Crippen LogP contribution < -0.4 is 25.8 Å². The molecule has 5 amide bonds. The quantitative estimate of drug-likeness (QED) is 0.372. The summed E-state index contributed by atoms with van der Waals surface area (Å²) in [5.74, 6) is -2.10. The van der Waals surface area contributed by atoms with Gasteiger partial charge in [0, 0.05) is 17.3 Å². The highest BCUT2D eigenvalue weighted by Gasteiger charge is 2.35. The summed E-state index contributed by atoms with van der Waals surface area (Å²) in [7, 11) is -2.51. The Bertz CT molecular complexity index is 1350. The number of nitrogens with one attached hydrogen (secondary N) is 3. The zero-order valence-corrected chi connectivity index (χ0v) is 22.3. The smallest absolute Gasteiger partial charge is 0.325 e. The van der Waals surface area contributed by atoms with Gasteiger partial charge in [0.25, 0.3) is 0 Å². The third-order valence-corrected chi connectivity index (χ3v) is 7.02. The molecule has 2 aromatic carbocycles. The van der Waals surface area contributed by atoms with E-state index in [2.05, 4.69) is 16.0 Å². The average molecular weight is 566 g/mol. The number of amides is 5. The number of carbonyl (C=O) groups excluding carboxylic acids is 4. The number of primary sulfonamides is 1. The van der Waals surface area contributed by atoms with Gasteiger partial charge in [0.1, 0.15) is 18.3 Å². The summed E-state index contributed by atoms with van der Waals surface area (Å²) in [5.41, 5.74) is 0.775. The summed E-state index contributed by atoms with van der Waals surface area (Å²) in [5, 5.41) is 13.2. The summed E-state index contributed by atoms with van der Waals surface area (Å²) in [6.07, 6.45) is 0.286. The molecule has 0 aromatic heterocycles. The van der Waals surface area contributed by atoms with E-state index in [4.69, 9.17) is 21.5 Å². The van der Waals surface area contributed by atoms with Crippen LogP contribution in [-0.2, 0) is 30.8 Å². The van der Waals surface area contributed by atoms with E-state index in [0.29, 0.717) is 16.3 Å². The highest BCUT2D eigenvalue weighted by Crippen LogP contribution is 2.26. The summed E-state index contributed by atoms with van der Waals surface area (Å²) in [6.45, 7) is 1.11. The number of imide groups is 1. The number of nitrogens with two attached hydrogens (primary N) is 1. The lowest BCUT2D eigenvalue weighted by Crippen LogP contribution is -2.53. The van der Waals surface area contributed by atoms with Crippen LogP contribution in [0.1, 0.15) is 18.9 Å². The largest absolute Gasteiger partial charge is 0.496 e. The minimum atomic E-state index is -3.99. The van der Waals surface area contributed by atoms with E-state index in [9.17, 15) is 27.6 Å². The fourth-order valence-electron chi connectivity index (χ4n) is 3.89. The van der Waals surface area contributed by atoms with Crippen molar-refractivity contribution in [3.05, 3.63) is 53.1 Å². The molecule has 38 heavy (non-hydrogen) atoms. The lowest BCUT2D eigenvalue weighted by atomic mass is 9.97. The topological polar surface area (TPSA) is 177 Å². The van der Waals surface area contributed by atoms with Gasteiger partial charge in [-0.2, -0.15) is 0 Å². The Hall–Kier alpha value is -3.68. The van der Waals surface area contributed by atoms with Gasteiger partial charge in [-0.15, -0.1) is 0 Å². The lowest BCUT2D eigenvalue weighted by Gasteiger charge is -2.25. The number of ether oxygens (including phenoxy) is 1. The maximum Gasteiger partial charge on any atom is 0.325 e. The van der Waals surface area contributed by atoms with E-state index < -0.39 is 52.3 Å². The van der Waals surface area contributed by atoms with E-state index in [1.165, 1.54) is 31.4 Å². The van der Waals surface area contributed by atoms with Crippen LogP contribution in [0.25, 0.3) is 0 Å². The maximum absolute atomic E-state index is 13.3. The van der Waals surface area contributed by atoms with Crippen LogP contribution in [0.15, 0.2) is 47.4 Å². The van der Waals surface area contributed by atoms with Crippen LogP contribution in [0.3, 0.4) is 0 Å². The molecule has 1 aliphatic rings. The highest BCUT2D eigenvalue weighted by atomic mass is 35.5. The summed E-state index contributed by atoms with van der Waals surface area (Å²) in [4.78, 5) is 52.1. The first-order chi connectivity index (χ1) is 17.9. The van der Waals surface area contributed by atoms with Crippen molar-refractivity contribution < 1.29 is 32.3 Å². The van der Waals surface area contributed by atoms with Crippen LogP contribution >= 0.6 is 11.6 Å². The Balaban J connectivity index is 1.75. The van der Waals surface area contributed by atoms with E-state index in [0.717, 1.165) is 4.90 Å². The third kappa shape index (κ3) is 7.21. The number of carbonyl (C=O) groups is 4. The fraction of sp³-hybridized carbons (Fsp3) is 0.333. The predicted octanol–water partition coefficient (Wildman–Crippen LogP) is 1.24. The van der Waals surface area contributed by atoms with Crippen LogP contribution in [0.5, 0.6) is 5.75 Å². The summed E-state index contributed by atoms with van der Waals surface area (Å²) >= 11 is 6.10. The van der Waals surface area contributed by atoms with Gasteiger partial charge in [0.2, 0.25) is 27.7 Å². The molecule has 1 unspecified atom stereocenters. The minimum Gasteiger partial charge on any atom is -0.496 e. The van der Waals surface area contributed by atoms with Crippen molar-refractivity contribution in [1.29, 1.82) is 0 Å². The molecule has 3 rings (SSSR count). The second-order valence-corrected chi connectivity index (χ2v) is 10.6. The van der Waals surface area contributed by atoms with Gasteiger partial charge in [-0.1, -0.05) is 24.6 Å². The molecule has 1 heterocycles. The number of rotatable bonds is 8. The molecule has 0 radical (unpaired) electrons. The van der Waals surface area contributed by atoms with E-state index in [1.807, 2.05) is 0 Å². The SMILES string of the molecule is CC[C@@H](NC(=O)N1CC(=O)NCC(Cc2cc(Cl)ccc2OC)C1=O)C(=O)Nc1cccc(S(N)(=O)=O)c1. The molecule has 0 spiro atoms. The standard InChI is InChI=1S/C24H28ClN5O7S/c1-3-19(22(32)28-17-5-4-6-18(11-17)38(26,35)36)29-24(34)30-13-21(31)27-12-15(23(30)33)9-14-10-16(25)7-8-20(14)37-2/h4-8,10-11,15,19H,3,9,12-13H2,1-2H3,(H,27,31)(H,28,32)(H,29,34)(H2,26,35,36)/t15?,19-/m1/s1. The Morgan fingerprint density at radius 1 is 1.24 bits per heavy atom. The van der Waals surface area contributed by atoms with E-state index in [-0.39, 0.29) is 30.0 Å². The number of nitrogens with zero attached hydrogens (tertiary/aromatic N) is 1. The number of sulfonamides is 1. The lowest BCUT2D eigenvalue weighted by molar-refractivity contribution is -0.133. The molecule has 0 saturated carbocycles. The van der Waals surface area contributed by atoms with Gasteiger partial charge in [-0.3, -0.25) is 19.3 Å². The Morgan fingerprint density at radius 2 is 1.97 bits per heavy atom. The second kappa shape index (κ2) is 12.2. The molecule has 0 bridgehead atoms. The van der Waals surface area contributed by atoms with Crippen molar-refractivity contribution >= 4 is 51.1 Å². The first-order valence-corrected chi connectivity index (χ1v) is 13.5. The first kappa shape index (κ1) is 28.9. The van der Waals surface area contributed by atoms with Gasteiger partial charge >= 0.3 is 6.03 Å². The van der Waals surface area contributed by atoms with Crippen molar-refractivity contribution in [1.82, 2.24) is 15.5 Å². The van der Waals surface area contributed by atoms with Crippen LogP contribution in [-0.4, -0.2) is 63.3 Å². The number of benzene rings is 2. The molecule has 12 nitrogen and oxygen atoms in total. The normalized spacial score (nSPS) is 16.7. The first-order valence-electron chi connectivity index (χ1n) is 11.6. The number of halogens is 1. The van der Waals surface area contributed by atoms with Crippen molar-refractivity contribution in [2.45, 2.75) is 30.7 Å². The summed E-state index contributed by atoms with van der Waals surface area (Å²) < 4.78 is 28.5. The third-order valence-electron chi connectivity index (χ3n) is 5.87. The maximum atomic E-state index is 13.3. The molecular weight excluding hydrogens is 538 g/mol. The van der Waals surface area contributed by atoms with Crippen molar-refractivity contribution in [2.24, 2.45) is 11.1 Å². The second-order valence-electron chi connectivity index (χ2n) is 8.56. The fourth-order valence-corrected chi connectivity index (χ4v) is 4.64. The predicted molar refractivity (Wildman–Crippen MR) is 139 cm³/mol. The molecule has 1 saturated heterocycles. The van der Waals surface area contributed by atoms with E-state index in [1.54, 1.807) is 25.1 Å². The molecule has 1 fully saturated rings. The van der Waals surface area contributed by atoms with E-state index >= 15 is 0 Å². The molecule has 204 valence electrons. The zero-order valence-electron chi connectivity index (χ0n) is 20.7. The van der Waals surface area contributed by atoms with Crippen molar-refractivity contribution in [2.75, 3.05) is 25.5 Å². The van der Waals surface area contributed by atoms with Crippen LogP contribution in [0, 0.1) is 5.92 Å².